The highest BCUT2D eigenvalue weighted by atomic mass is 19.1. The van der Waals surface area contributed by atoms with E-state index in [9.17, 15) is 9.50 Å². The maximum absolute atomic E-state index is 13.2. The predicted octanol–water partition coefficient (Wildman–Crippen LogP) is 3.64. The summed E-state index contributed by atoms with van der Waals surface area (Å²) < 4.78 is 18.9. The van der Waals surface area contributed by atoms with Gasteiger partial charge in [0.15, 0.2) is 0 Å². The standard InChI is InChI=1S/C17H16FNO2/c1-11-7-13(12(2)20)4-6-17(11)21-10-15-8-16(18)5-3-14(15)9-19/h3-8,12,20H,10H2,1-2H3/t12-/m1/s1. The Morgan fingerprint density at radius 1 is 1.29 bits per heavy atom. The van der Waals surface area contributed by atoms with Gasteiger partial charge in [-0.3, -0.25) is 0 Å². The van der Waals surface area contributed by atoms with Gasteiger partial charge in [-0.05, 0) is 55.3 Å². The van der Waals surface area contributed by atoms with E-state index in [1.54, 1.807) is 19.1 Å². The smallest absolute Gasteiger partial charge is 0.123 e. The van der Waals surface area contributed by atoms with Gasteiger partial charge in [0.25, 0.3) is 0 Å². The van der Waals surface area contributed by atoms with Crippen molar-refractivity contribution in [1.29, 1.82) is 5.26 Å². The minimum atomic E-state index is -0.536. The Labute approximate surface area is 123 Å². The molecular formula is C17H16FNO2. The van der Waals surface area contributed by atoms with E-state index in [-0.39, 0.29) is 6.61 Å². The number of rotatable bonds is 4. The molecule has 0 heterocycles. The number of ether oxygens (including phenoxy) is 1. The molecule has 0 spiro atoms. The van der Waals surface area contributed by atoms with Crippen LogP contribution in [0.25, 0.3) is 0 Å². The fourth-order valence-corrected chi connectivity index (χ4v) is 2.04. The molecule has 0 aliphatic carbocycles. The molecule has 0 fully saturated rings. The van der Waals surface area contributed by atoms with Crippen LogP contribution in [0.15, 0.2) is 36.4 Å². The van der Waals surface area contributed by atoms with Crippen LogP contribution in [0, 0.1) is 24.1 Å². The molecule has 0 aromatic heterocycles. The molecule has 21 heavy (non-hydrogen) atoms. The fraction of sp³-hybridized carbons (Fsp3) is 0.235. The molecule has 0 amide bonds. The SMILES string of the molecule is Cc1cc([C@@H](C)O)ccc1OCc1cc(F)ccc1C#N. The number of aliphatic hydroxyl groups excluding tert-OH is 1. The van der Waals surface area contributed by atoms with Gasteiger partial charge in [-0.1, -0.05) is 6.07 Å². The number of halogens is 1. The number of hydrogen-bond donors (Lipinski definition) is 1. The van der Waals surface area contributed by atoms with Gasteiger partial charge >= 0.3 is 0 Å². The third kappa shape index (κ3) is 3.59. The van der Waals surface area contributed by atoms with Crippen LogP contribution in [0.5, 0.6) is 5.75 Å². The molecule has 108 valence electrons. The number of aryl methyl sites for hydroxylation is 1. The molecule has 2 aromatic carbocycles. The molecule has 0 saturated carbocycles. The van der Waals surface area contributed by atoms with E-state index in [1.165, 1.54) is 18.2 Å². The molecule has 0 unspecified atom stereocenters. The first-order chi connectivity index (χ1) is 10.0. The molecule has 4 heteroatoms. The van der Waals surface area contributed by atoms with E-state index >= 15 is 0 Å². The molecular weight excluding hydrogens is 269 g/mol. The molecule has 1 N–H and O–H groups in total. The van der Waals surface area contributed by atoms with Gasteiger partial charge < -0.3 is 9.84 Å². The van der Waals surface area contributed by atoms with Crippen LogP contribution in [0.1, 0.15) is 35.3 Å². The van der Waals surface area contributed by atoms with Crippen molar-refractivity contribution in [1.82, 2.24) is 0 Å². The molecule has 3 nitrogen and oxygen atoms in total. The second-order valence-corrected chi connectivity index (χ2v) is 4.90. The number of aliphatic hydroxyl groups is 1. The van der Waals surface area contributed by atoms with Crippen molar-refractivity contribution >= 4 is 0 Å². The van der Waals surface area contributed by atoms with Gasteiger partial charge in [0.05, 0.1) is 17.7 Å². The Kier molecular flexibility index (Phi) is 4.56. The zero-order chi connectivity index (χ0) is 15.4. The van der Waals surface area contributed by atoms with E-state index in [4.69, 9.17) is 10.00 Å². The van der Waals surface area contributed by atoms with Gasteiger partial charge in [-0.2, -0.15) is 5.26 Å². The van der Waals surface area contributed by atoms with Crippen molar-refractivity contribution in [3.63, 3.8) is 0 Å². The number of nitriles is 1. The quantitative estimate of drug-likeness (QED) is 0.933. The van der Waals surface area contributed by atoms with E-state index in [0.717, 1.165) is 11.1 Å². The molecule has 0 radical (unpaired) electrons. The first-order valence-electron chi connectivity index (χ1n) is 6.61. The van der Waals surface area contributed by atoms with E-state index in [1.807, 2.05) is 19.1 Å². The maximum Gasteiger partial charge on any atom is 0.123 e. The summed E-state index contributed by atoms with van der Waals surface area (Å²) in [6.45, 7) is 3.69. The molecule has 0 bridgehead atoms. The van der Waals surface area contributed by atoms with Crippen LogP contribution in [0.3, 0.4) is 0 Å². The Bertz CT molecular complexity index is 690. The van der Waals surface area contributed by atoms with Crippen molar-refractivity contribution in [3.8, 4) is 11.8 Å². The Morgan fingerprint density at radius 3 is 2.67 bits per heavy atom. The highest BCUT2D eigenvalue weighted by Gasteiger charge is 2.08. The molecule has 0 aliphatic rings. The minimum absolute atomic E-state index is 0.121. The first kappa shape index (κ1) is 15.0. The van der Waals surface area contributed by atoms with Crippen molar-refractivity contribution in [2.24, 2.45) is 0 Å². The fourth-order valence-electron chi connectivity index (χ4n) is 2.04. The average molecular weight is 285 g/mol. The van der Waals surface area contributed by atoms with Crippen LogP contribution in [-0.2, 0) is 6.61 Å². The van der Waals surface area contributed by atoms with Crippen LogP contribution in [0.2, 0.25) is 0 Å². The molecule has 1 atom stereocenters. The van der Waals surface area contributed by atoms with Gasteiger partial charge in [0.2, 0.25) is 0 Å². The average Bonchev–Trinajstić information content (AvgIpc) is 2.46. The third-order valence-corrected chi connectivity index (χ3v) is 3.25. The van der Waals surface area contributed by atoms with E-state index < -0.39 is 11.9 Å². The maximum atomic E-state index is 13.2. The van der Waals surface area contributed by atoms with Gasteiger partial charge in [-0.15, -0.1) is 0 Å². The lowest BCUT2D eigenvalue weighted by Gasteiger charge is -2.12. The molecule has 0 aliphatic heterocycles. The van der Waals surface area contributed by atoms with Crippen LogP contribution < -0.4 is 4.74 Å². The summed E-state index contributed by atoms with van der Waals surface area (Å²) in [7, 11) is 0. The number of benzene rings is 2. The van der Waals surface area contributed by atoms with Crippen molar-refractivity contribution < 1.29 is 14.2 Å². The minimum Gasteiger partial charge on any atom is -0.489 e. The second kappa shape index (κ2) is 6.38. The second-order valence-electron chi connectivity index (χ2n) is 4.90. The van der Waals surface area contributed by atoms with E-state index in [2.05, 4.69) is 0 Å². The Morgan fingerprint density at radius 2 is 2.05 bits per heavy atom. The zero-order valence-electron chi connectivity index (χ0n) is 11.9. The topological polar surface area (TPSA) is 53.2 Å². The lowest BCUT2D eigenvalue weighted by molar-refractivity contribution is 0.199. The summed E-state index contributed by atoms with van der Waals surface area (Å²) in [5.41, 5.74) is 2.60. The highest BCUT2D eigenvalue weighted by molar-refractivity contribution is 5.39. The van der Waals surface area contributed by atoms with Crippen LogP contribution >= 0.6 is 0 Å². The summed E-state index contributed by atoms with van der Waals surface area (Å²) >= 11 is 0. The Balaban J connectivity index is 2.17. The summed E-state index contributed by atoms with van der Waals surface area (Å²) in [6, 6.07) is 11.4. The largest absolute Gasteiger partial charge is 0.489 e. The first-order valence-corrected chi connectivity index (χ1v) is 6.61. The number of hydrogen-bond acceptors (Lipinski definition) is 3. The number of nitrogens with zero attached hydrogens (tertiary/aromatic N) is 1. The van der Waals surface area contributed by atoms with Gasteiger partial charge in [0, 0.05) is 5.56 Å². The van der Waals surface area contributed by atoms with Crippen LogP contribution in [0.4, 0.5) is 4.39 Å². The van der Waals surface area contributed by atoms with Crippen molar-refractivity contribution in [3.05, 3.63) is 64.5 Å². The monoisotopic (exact) mass is 285 g/mol. The highest BCUT2D eigenvalue weighted by Crippen LogP contribution is 2.24. The van der Waals surface area contributed by atoms with Gasteiger partial charge in [0.1, 0.15) is 18.2 Å². The van der Waals surface area contributed by atoms with Crippen molar-refractivity contribution in [2.45, 2.75) is 26.6 Å². The molecule has 2 aromatic rings. The predicted molar refractivity (Wildman–Crippen MR) is 77.3 cm³/mol. The zero-order valence-corrected chi connectivity index (χ0v) is 11.9. The van der Waals surface area contributed by atoms with E-state index in [0.29, 0.717) is 16.9 Å². The normalized spacial score (nSPS) is 11.8. The van der Waals surface area contributed by atoms with Gasteiger partial charge in [-0.25, -0.2) is 4.39 Å². The summed E-state index contributed by atoms with van der Waals surface area (Å²) in [5.74, 6) is 0.251. The summed E-state index contributed by atoms with van der Waals surface area (Å²) in [4.78, 5) is 0. The Hall–Kier alpha value is -2.38. The summed E-state index contributed by atoms with van der Waals surface area (Å²) in [5, 5.41) is 18.5. The van der Waals surface area contributed by atoms with Crippen LogP contribution in [-0.4, -0.2) is 5.11 Å². The summed E-state index contributed by atoms with van der Waals surface area (Å²) in [6.07, 6.45) is -0.536. The lowest BCUT2D eigenvalue weighted by atomic mass is 10.1. The van der Waals surface area contributed by atoms with Crippen molar-refractivity contribution in [2.75, 3.05) is 0 Å². The molecule has 0 saturated heterocycles. The third-order valence-electron chi connectivity index (χ3n) is 3.25. The lowest BCUT2D eigenvalue weighted by Crippen LogP contribution is -2.01. The molecule has 2 rings (SSSR count).